The van der Waals surface area contributed by atoms with Crippen LogP contribution in [0.2, 0.25) is 26.2 Å². The predicted molar refractivity (Wildman–Crippen MR) is 158 cm³/mol. The Bertz CT molecular complexity index is 982. The van der Waals surface area contributed by atoms with E-state index in [-0.39, 0.29) is 0 Å². The molecule has 38 heavy (non-hydrogen) atoms. The van der Waals surface area contributed by atoms with Gasteiger partial charge < -0.3 is 0 Å². The minimum Gasteiger partial charge on any atom is -0.290 e. The van der Waals surface area contributed by atoms with Crippen molar-refractivity contribution in [3.63, 3.8) is 0 Å². The van der Waals surface area contributed by atoms with E-state index in [9.17, 15) is 9.59 Å². The number of carbonyl (C=O) groups is 2. The summed E-state index contributed by atoms with van der Waals surface area (Å²) in [6.45, 7) is 18.7. The Morgan fingerprint density at radius 2 is 1.11 bits per heavy atom. The molecule has 0 unspecified atom stereocenters. The van der Waals surface area contributed by atoms with Crippen molar-refractivity contribution in [2.45, 2.75) is 77.9 Å². The van der Waals surface area contributed by atoms with Crippen molar-refractivity contribution >= 4 is 38.5 Å². The summed E-state index contributed by atoms with van der Waals surface area (Å²) in [6.07, 6.45) is 4.44. The van der Waals surface area contributed by atoms with Crippen LogP contribution in [0.3, 0.4) is 0 Å². The van der Waals surface area contributed by atoms with E-state index in [0.29, 0.717) is 17.5 Å². The maximum atomic E-state index is 12.6. The minimum atomic E-state index is -1.73. The van der Waals surface area contributed by atoms with Gasteiger partial charge in [0, 0.05) is 6.42 Å². The molecule has 0 fully saturated rings. The van der Waals surface area contributed by atoms with Gasteiger partial charge in [-0.3, -0.25) is 9.78 Å². The second kappa shape index (κ2) is 15.0. The van der Waals surface area contributed by atoms with Crippen LogP contribution >= 0.6 is 0 Å². The van der Waals surface area contributed by atoms with Gasteiger partial charge in [-0.05, 0) is 30.7 Å². The van der Waals surface area contributed by atoms with E-state index in [2.05, 4.69) is 46.3 Å². The molecule has 0 amide bonds. The van der Waals surface area contributed by atoms with Gasteiger partial charge in [0.15, 0.2) is 0 Å². The van der Waals surface area contributed by atoms with Crippen LogP contribution in [0.1, 0.15) is 66.2 Å². The smallest absolute Gasteiger partial charge is 0.290 e. The molecule has 0 saturated carbocycles. The molecular formula is C30H42O6Si2. The molecule has 0 atom stereocenters. The fourth-order valence-electron chi connectivity index (χ4n) is 3.63. The first-order valence-electron chi connectivity index (χ1n) is 13.3. The molecule has 2 aromatic carbocycles. The first-order chi connectivity index (χ1) is 18.0. The van der Waals surface area contributed by atoms with Crippen molar-refractivity contribution in [1.82, 2.24) is 0 Å². The Morgan fingerprint density at radius 1 is 0.711 bits per heavy atom. The second-order valence-electron chi connectivity index (χ2n) is 10.6. The van der Waals surface area contributed by atoms with Crippen LogP contribution < -0.4 is 10.4 Å². The lowest BCUT2D eigenvalue weighted by Crippen LogP contribution is -2.39. The normalized spacial score (nSPS) is 11.7. The fourth-order valence-corrected chi connectivity index (χ4v) is 6.15. The molecule has 8 heteroatoms. The lowest BCUT2D eigenvalue weighted by atomic mass is 10.1. The zero-order valence-electron chi connectivity index (χ0n) is 23.5. The zero-order chi connectivity index (χ0) is 28.2. The van der Waals surface area contributed by atoms with Gasteiger partial charge in [0.25, 0.3) is 0 Å². The van der Waals surface area contributed by atoms with Gasteiger partial charge in [-0.15, -0.1) is 22.9 Å². The highest BCUT2D eigenvalue weighted by atomic mass is 28.3. The maximum Gasteiger partial charge on any atom is 0.373 e. The van der Waals surface area contributed by atoms with Gasteiger partial charge in [-0.2, -0.15) is 0 Å². The van der Waals surface area contributed by atoms with E-state index >= 15 is 0 Å². The molecule has 0 bridgehead atoms. The molecular weight excluding hydrogens is 512 g/mol. The van der Waals surface area contributed by atoms with Crippen molar-refractivity contribution in [3.8, 4) is 0 Å². The lowest BCUT2D eigenvalue weighted by molar-refractivity contribution is -0.421. The second-order valence-corrected chi connectivity index (χ2v) is 19.4. The molecule has 0 aliphatic carbocycles. The molecule has 0 heterocycles. The van der Waals surface area contributed by atoms with Crippen LogP contribution in [0.15, 0.2) is 73.1 Å². The van der Waals surface area contributed by atoms with Crippen LogP contribution in [0, 0.1) is 0 Å². The van der Waals surface area contributed by atoms with E-state index in [4.69, 9.17) is 19.6 Å². The molecule has 0 saturated heterocycles. The Balaban J connectivity index is 1.98. The van der Waals surface area contributed by atoms with Crippen LogP contribution in [0.25, 0.3) is 0 Å². The number of benzene rings is 2. The van der Waals surface area contributed by atoms with Gasteiger partial charge in [-0.1, -0.05) is 105 Å². The van der Waals surface area contributed by atoms with E-state index in [1.165, 1.54) is 0 Å². The van der Waals surface area contributed by atoms with Gasteiger partial charge in [0.2, 0.25) is 6.29 Å². The average Bonchev–Trinajstić information content (AvgIpc) is 2.93. The van der Waals surface area contributed by atoms with Crippen LogP contribution in [-0.2, 0) is 19.6 Å². The number of unbranched alkanes of at least 4 members (excludes halogenated alkanes) is 4. The van der Waals surface area contributed by atoms with Gasteiger partial charge in [0.1, 0.15) is 16.1 Å². The Labute approximate surface area is 229 Å². The molecule has 0 N–H and O–H groups in total. The van der Waals surface area contributed by atoms with Gasteiger partial charge >= 0.3 is 11.9 Å². The quantitative estimate of drug-likeness (QED) is 0.0772. The summed E-state index contributed by atoms with van der Waals surface area (Å²) >= 11 is 0. The van der Waals surface area contributed by atoms with E-state index in [0.717, 1.165) is 42.5 Å². The summed E-state index contributed by atoms with van der Waals surface area (Å²) in [7, 11) is -3.45. The average molecular weight is 555 g/mol. The third kappa shape index (κ3) is 9.51. The molecule has 2 aromatic rings. The molecule has 0 aliphatic rings. The minimum absolute atomic E-state index is 0.354. The summed E-state index contributed by atoms with van der Waals surface area (Å²) in [4.78, 5) is 45.8. The highest BCUT2D eigenvalue weighted by Crippen LogP contribution is 2.15. The summed E-state index contributed by atoms with van der Waals surface area (Å²) in [6, 6.07) is 14.5. The van der Waals surface area contributed by atoms with Crippen molar-refractivity contribution < 1.29 is 29.1 Å². The van der Waals surface area contributed by atoms with E-state index < -0.39 is 34.4 Å². The summed E-state index contributed by atoms with van der Waals surface area (Å²) < 4.78 is 0. The molecule has 2 rings (SSSR count). The van der Waals surface area contributed by atoms with Crippen molar-refractivity contribution in [3.05, 3.63) is 84.2 Å². The lowest BCUT2D eigenvalue weighted by Gasteiger charge is -2.18. The fraction of sp³-hybridized carbons (Fsp3) is 0.400. The molecule has 206 valence electrons. The van der Waals surface area contributed by atoms with Crippen LogP contribution in [-0.4, -0.2) is 34.4 Å². The Kier molecular flexibility index (Phi) is 12.4. The van der Waals surface area contributed by atoms with Crippen molar-refractivity contribution in [1.29, 1.82) is 0 Å². The highest BCUT2D eigenvalue weighted by molar-refractivity contribution is 6.94. The number of hydrogen-bond donors (Lipinski definition) is 0. The predicted octanol–water partition coefficient (Wildman–Crippen LogP) is 6.53. The monoisotopic (exact) mass is 554 g/mol. The zero-order valence-corrected chi connectivity index (χ0v) is 25.5. The largest absolute Gasteiger partial charge is 0.373 e. The third-order valence-corrected chi connectivity index (χ3v) is 12.4. The molecule has 0 spiro atoms. The number of rotatable bonds is 16. The number of hydrogen-bond acceptors (Lipinski definition) is 6. The Hall–Kier alpha value is -2.79. The van der Waals surface area contributed by atoms with Gasteiger partial charge in [-0.25, -0.2) is 9.59 Å². The van der Waals surface area contributed by atoms with E-state index in [1.54, 1.807) is 24.3 Å². The van der Waals surface area contributed by atoms with Crippen molar-refractivity contribution in [2.75, 3.05) is 0 Å². The molecule has 0 aliphatic heterocycles. The SMILES string of the molecule is C=C[Si](C)(C)c1ccc(C(=O)OOC(CCCCCCC)OOC(=O)c2ccc([Si](C)(C)C=C)cc2)cc1. The summed E-state index contributed by atoms with van der Waals surface area (Å²) in [5.74, 6) is -1.30. The van der Waals surface area contributed by atoms with Crippen LogP contribution in [0.5, 0.6) is 0 Å². The highest BCUT2D eigenvalue weighted by Gasteiger charge is 2.23. The molecule has 0 radical (unpaired) electrons. The first-order valence-corrected chi connectivity index (χ1v) is 19.4. The first kappa shape index (κ1) is 31.4. The molecule has 6 nitrogen and oxygen atoms in total. The van der Waals surface area contributed by atoms with Crippen LogP contribution in [0.4, 0.5) is 0 Å². The van der Waals surface area contributed by atoms with Gasteiger partial charge in [0.05, 0.1) is 11.1 Å². The maximum absolute atomic E-state index is 12.6. The van der Waals surface area contributed by atoms with Crippen molar-refractivity contribution in [2.24, 2.45) is 0 Å². The number of carbonyl (C=O) groups excluding carboxylic acids is 2. The summed E-state index contributed by atoms with van der Waals surface area (Å²) in [5, 5.41) is 2.32. The topological polar surface area (TPSA) is 71.1 Å². The summed E-state index contributed by atoms with van der Waals surface area (Å²) in [5.41, 5.74) is 4.69. The van der Waals surface area contributed by atoms with E-state index in [1.807, 2.05) is 35.7 Å². The third-order valence-electron chi connectivity index (χ3n) is 6.76. The molecule has 0 aromatic heterocycles. The Morgan fingerprint density at radius 3 is 1.47 bits per heavy atom. The standard InChI is InChI=1S/C30H42O6Si2/c1-8-11-12-13-14-15-28(33-35-29(31)24-16-20-26(21-17-24)37(4,5)9-2)34-36-30(32)25-18-22-27(23-19-25)38(6,7)10-3/h9-10,16-23,28H,2-3,8,11-15H2,1,4-7H3.